The summed E-state index contributed by atoms with van der Waals surface area (Å²) in [4.78, 5) is 13.4. The molecule has 2 amide bonds. The van der Waals surface area contributed by atoms with Crippen LogP contribution in [0.25, 0.3) is 0 Å². The molecule has 0 saturated carbocycles. The van der Waals surface area contributed by atoms with Crippen molar-refractivity contribution in [2.45, 2.75) is 27.3 Å². The molecule has 2 rings (SSSR count). The van der Waals surface area contributed by atoms with Gasteiger partial charge >= 0.3 is 6.03 Å². The molecule has 1 aliphatic rings. The van der Waals surface area contributed by atoms with E-state index in [0.717, 1.165) is 18.8 Å². The molecule has 18 heavy (non-hydrogen) atoms. The molecular formula is C14H23N3O. The van der Waals surface area contributed by atoms with Crippen LogP contribution in [0.4, 0.5) is 10.5 Å². The van der Waals surface area contributed by atoms with Gasteiger partial charge in [-0.05, 0) is 18.6 Å². The first-order valence-corrected chi connectivity index (χ1v) is 6.51. The molecule has 0 bridgehead atoms. The van der Waals surface area contributed by atoms with E-state index in [9.17, 15) is 4.79 Å². The van der Waals surface area contributed by atoms with Gasteiger partial charge in [0.05, 0.1) is 0 Å². The maximum Gasteiger partial charge on any atom is 0.317 e. The number of rotatable bonds is 0. The Morgan fingerprint density at radius 2 is 2.11 bits per heavy atom. The first kappa shape index (κ1) is 14.4. The fourth-order valence-corrected chi connectivity index (χ4v) is 1.97. The van der Waals surface area contributed by atoms with Crippen LogP contribution >= 0.6 is 0 Å². The molecule has 0 radical (unpaired) electrons. The van der Waals surface area contributed by atoms with Crippen molar-refractivity contribution in [2.24, 2.45) is 0 Å². The zero-order chi connectivity index (χ0) is 13.5. The average molecular weight is 249 g/mol. The van der Waals surface area contributed by atoms with Gasteiger partial charge in [-0.25, -0.2) is 4.79 Å². The monoisotopic (exact) mass is 249 g/mol. The minimum absolute atomic E-state index is 0.0174. The second-order valence-electron chi connectivity index (χ2n) is 4.06. The zero-order valence-electron chi connectivity index (χ0n) is 11.7. The molecule has 4 nitrogen and oxygen atoms in total. The highest BCUT2D eigenvalue weighted by atomic mass is 16.2. The molecule has 4 heteroatoms. The third-order valence-corrected chi connectivity index (χ3v) is 2.82. The topological polar surface area (TPSA) is 44.4 Å². The van der Waals surface area contributed by atoms with E-state index in [4.69, 9.17) is 0 Å². The van der Waals surface area contributed by atoms with Crippen LogP contribution < -0.4 is 10.6 Å². The Morgan fingerprint density at radius 3 is 2.78 bits per heavy atom. The van der Waals surface area contributed by atoms with Crippen LogP contribution in [0.5, 0.6) is 0 Å². The van der Waals surface area contributed by atoms with E-state index in [0.29, 0.717) is 6.54 Å². The van der Waals surface area contributed by atoms with Gasteiger partial charge in [-0.2, -0.15) is 0 Å². The summed E-state index contributed by atoms with van der Waals surface area (Å²) in [7, 11) is 1.66. The van der Waals surface area contributed by atoms with Gasteiger partial charge in [0, 0.05) is 32.4 Å². The molecule has 100 valence electrons. The molecular weight excluding hydrogens is 226 g/mol. The lowest BCUT2D eigenvalue weighted by molar-refractivity contribution is 0.200. The lowest BCUT2D eigenvalue weighted by atomic mass is 10.1. The summed E-state index contributed by atoms with van der Waals surface area (Å²) in [6.45, 7) is 8.26. The van der Waals surface area contributed by atoms with Crippen molar-refractivity contribution in [3.63, 3.8) is 0 Å². The molecule has 0 atom stereocenters. The second kappa shape index (κ2) is 6.89. The number of amides is 2. The van der Waals surface area contributed by atoms with Gasteiger partial charge in [-0.3, -0.25) is 0 Å². The van der Waals surface area contributed by atoms with Crippen LogP contribution in [-0.4, -0.2) is 31.1 Å². The molecule has 0 saturated heterocycles. The quantitative estimate of drug-likeness (QED) is 0.742. The molecule has 1 aromatic carbocycles. The Kier molecular flexibility index (Phi) is 5.49. The van der Waals surface area contributed by atoms with Crippen molar-refractivity contribution in [1.82, 2.24) is 10.2 Å². The van der Waals surface area contributed by atoms with E-state index in [1.165, 1.54) is 11.1 Å². The highest BCUT2D eigenvalue weighted by Gasteiger charge is 2.17. The molecule has 1 aliphatic heterocycles. The Morgan fingerprint density at radius 1 is 1.39 bits per heavy atom. The molecule has 1 aromatic rings. The fourth-order valence-electron chi connectivity index (χ4n) is 1.97. The van der Waals surface area contributed by atoms with E-state index in [1.807, 2.05) is 18.7 Å². The van der Waals surface area contributed by atoms with Crippen LogP contribution in [0.15, 0.2) is 18.2 Å². The lowest BCUT2D eigenvalue weighted by Gasteiger charge is -2.19. The Labute approximate surface area is 109 Å². The van der Waals surface area contributed by atoms with Gasteiger partial charge in [0.1, 0.15) is 0 Å². The van der Waals surface area contributed by atoms with Gasteiger partial charge in [0.15, 0.2) is 0 Å². The minimum Gasteiger partial charge on any atom is -0.383 e. The maximum absolute atomic E-state index is 11.6. The molecule has 0 aliphatic carbocycles. The van der Waals surface area contributed by atoms with E-state index in [1.54, 1.807) is 7.05 Å². The van der Waals surface area contributed by atoms with Gasteiger partial charge in [-0.15, -0.1) is 0 Å². The summed E-state index contributed by atoms with van der Waals surface area (Å²) in [5.74, 6) is 0. The van der Waals surface area contributed by atoms with Gasteiger partial charge in [0.2, 0.25) is 0 Å². The number of hydrogen-bond acceptors (Lipinski definition) is 2. The SMILES string of the molecule is CC.CNC(=O)N1CCNc2ccc(C)cc2C1. The molecule has 2 N–H and O–H groups in total. The van der Waals surface area contributed by atoms with Gasteiger partial charge in [0.25, 0.3) is 0 Å². The van der Waals surface area contributed by atoms with E-state index in [-0.39, 0.29) is 6.03 Å². The largest absolute Gasteiger partial charge is 0.383 e. The molecule has 0 unspecified atom stereocenters. The lowest BCUT2D eigenvalue weighted by Crippen LogP contribution is -2.38. The number of nitrogens with zero attached hydrogens (tertiary/aromatic N) is 1. The van der Waals surface area contributed by atoms with Crippen molar-refractivity contribution < 1.29 is 4.79 Å². The average Bonchev–Trinajstić information content (AvgIpc) is 2.61. The van der Waals surface area contributed by atoms with E-state index < -0.39 is 0 Å². The number of benzene rings is 1. The van der Waals surface area contributed by atoms with Crippen molar-refractivity contribution in [1.29, 1.82) is 0 Å². The first-order valence-electron chi connectivity index (χ1n) is 6.51. The summed E-state index contributed by atoms with van der Waals surface area (Å²) in [6, 6.07) is 6.28. The Balaban J connectivity index is 0.000000771. The van der Waals surface area contributed by atoms with Gasteiger partial charge < -0.3 is 15.5 Å². The summed E-state index contributed by atoms with van der Waals surface area (Å²) >= 11 is 0. The number of fused-ring (bicyclic) bond motifs is 1. The smallest absolute Gasteiger partial charge is 0.317 e. The number of anilines is 1. The third kappa shape index (κ3) is 3.39. The highest BCUT2D eigenvalue weighted by molar-refractivity contribution is 5.74. The normalized spacial score (nSPS) is 13.4. The molecule has 0 aromatic heterocycles. The zero-order valence-corrected chi connectivity index (χ0v) is 11.7. The number of urea groups is 1. The highest BCUT2D eigenvalue weighted by Crippen LogP contribution is 2.21. The Hall–Kier alpha value is -1.71. The van der Waals surface area contributed by atoms with Crippen molar-refractivity contribution in [3.05, 3.63) is 29.3 Å². The second-order valence-corrected chi connectivity index (χ2v) is 4.06. The van der Waals surface area contributed by atoms with Crippen LogP contribution in [0.1, 0.15) is 25.0 Å². The van der Waals surface area contributed by atoms with E-state index >= 15 is 0 Å². The summed E-state index contributed by atoms with van der Waals surface area (Å²) in [5.41, 5.74) is 3.54. The van der Waals surface area contributed by atoms with Crippen LogP contribution in [-0.2, 0) is 6.54 Å². The standard InChI is InChI=1S/C12H17N3O.C2H6/c1-9-3-4-11-10(7-9)8-15(6-5-14-11)12(16)13-2;1-2/h3-4,7,14H,5-6,8H2,1-2H3,(H,13,16);1-2H3. The fraction of sp³-hybridized carbons (Fsp3) is 0.500. The van der Waals surface area contributed by atoms with Crippen molar-refractivity contribution in [2.75, 3.05) is 25.5 Å². The summed E-state index contributed by atoms with van der Waals surface area (Å²) in [6.07, 6.45) is 0. The predicted octanol–water partition coefficient (Wildman–Crippen LogP) is 2.59. The molecule has 0 spiro atoms. The maximum atomic E-state index is 11.6. The van der Waals surface area contributed by atoms with Crippen LogP contribution in [0.3, 0.4) is 0 Å². The summed E-state index contributed by atoms with van der Waals surface area (Å²) < 4.78 is 0. The number of carbonyl (C=O) groups excluding carboxylic acids is 1. The molecule has 0 fully saturated rings. The van der Waals surface area contributed by atoms with Crippen LogP contribution in [0, 0.1) is 6.92 Å². The van der Waals surface area contributed by atoms with Crippen LogP contribution in [0.2, 0.25) is 0 Å². The number of carbonyl (C=O) groups is 1. The molecule has 1 heterocycles. The van der Waals surface area contributed by atoms with E-state index in [2.05, 4.69) is 35.8 Å². The Bertz CT molecular complexity index is 404. The summed E-state index contributed by atoms with van der Waals surface area (Å²) in [5, 5.41) is 6.01. The minimum atomic E-state index is -0.0174. The number of aryl methyl sites for hydroxylation is 1. The first-order chi connectivity index (χ1) is 8.70. The third-order valence-electron chi connectivity index (χ3n) is 2.82. The van der Waals surface area contributed by atoms with Crippen molar-refractivity contribution in [3.8, 4) is 0 Å². The van der Waals surface area contributed by atoms with Crippen molar-refractivity contribution >= 4 is 11.7 Å². The number of nitrogens with one attached hydrogen (secondary N) is 2. The number of hydrogen-bond donors (Lipinski definition) is 2. The predicted molar refractivity (Wildman–Crippen MR) is 75.9 cm³/mol. The van der Waals surface area contributed by atoms with Gasteiger partial charge in [-0.1, -0.05) is 31.5 Å².